The summed E-state index contributed by atoms with van der Waals surface area (Å²) in [4.78, 5) is 19.5. The first-order chi connectivity index (χ1) is 11.7. The minimum atomic E-state index is -0.153. The Bertz CT molecular complexity index is 823. The summed E-state index contributed by atoms with van der Waals surface area (Å²) < 4.78 is 7.07. The van der Waals surface area contributed by atoms with Crippen LogP contribution in [0.1, 0.15) is 21.9 Å². The van der Waals surface area contributed by atoms with Gasteiger partial charge in [0.05, 0.1) is 24.6 Å². The number of carbonyl (C=O) groups excluding carboxylic acids is 1. The molecule has 0 aliphatic heterocycles. The lowest BCUT2D eigenvalue weighted by Crippen LogP contribution is -2.26. The fourth-order valence-electron chi connectivity index (χ4n) is 2.50. The zero-order valence-electron chi connectivity index (χ0n) is 13.6. The Kier molecular flexibility index (Phi) is 4.60. The van der Waals surface area contributed by atoms with Gasteiger partial charge in [-0.1, -0.05) is 12.1 Å². The number of rotatable bonds is 6. The number of aromatic nitrogens is 4. The van der Waals surface area contributed by atoms with E-state index >= 15 is 0 Å². The smallest absolute Gasteiger partial charge is 0.254 e. The molecule has 0 atom stereocenters. The van der Waals surface area contributed by atoms with Crippen molar-refractivity contribution in [2.45, 2.75) is 13.3 Å². The highest BCUT2D eigenvalue weighted by molar-refractivity contribution is 5.95. The quantitative estimate of drug-likeness (QED) is 0.725. The van der Waals surface area contributed by atoms with Crippen molar-refractivity contribution in [3.05, 3.63) is 59.9 Å². The molecule has 0 aliphatic carbocycles. The summed E-state index contributed by atoms with van der Waals surface area (Å²) in [5.41, 5.74) is 2.10. The number of hydrogen-bond acceptors (Lipinski definition) is 4. The first-order valence-corrected chi connectivity index (χ1v) is 7.65. The van der Waals surface area contributed by atoms with E-state index in [0.717, 1.165) is 17.2 Å². The van der Waals surface area contributed by atoms with E-state index in [-0.39, 0.29) is 5.91 Å². The summed E-state index contributed by atoms with van der Waals surface area (Å²) in [6.45, 7) is 2.37. The topological polar surface area (TPSA) is 84.8 Å². The van der Waals surface area contributed by atoms with Gasteiger partial charge in [0, 0.05) is 25.4 Å². The largest absolute Gasteiger partial charge is 0.494 e. The summed E-state index contributed by atoms with van der Waals surface area (Å²) in [7, 11) is 1.61. The van der Waals surface area contributed by atoms with Gasteiger partial charge in [-0.05, 0) is 19.1 Å². The fraction of sp³-hybridized carbons (Fsp3) is 0.235. The maximum Gasteiger partial charge on any atom is 0.254 e. The number of methoxy groups -OCH3 is 1. The van der Waals surface area contributed by atoms with Crippen molar-refractivity contribution in [1.29, 1.82) is 0 Å². The van der Waals surface area contributed by atoms with Crippen molar-refractivity contribution in [2.75, 3.05) is 13.7 Å². The molecule has 0 saturated carbocycles. The van der Waals surface area contributed by atoms with Gasteiger partial charge in [-0.25, -0.2) is 9.67 Å². The van der Waals surface area contributed by atoms with E-state index in [0.29, 0.717) is 24.3 Å². The standard InChI is InChI=1S/C17H19N5O2/c1-12-13(17(23)20-8-7-16-18-9-10-19-16)11-21-22(12)14-5-3-4-6-15(14)24-2/h3-6,9-11H,7-8H2,1-2H3,(H,18,19)(H,20,23). The zero-order valence-corrected chi connectivity index (χ0v) is 13.6. The average molecular weight is 325 g/mol. The predicted molar refractivity (Wildman–Crippen MR) is 89.5 cm³/mol. The van der Waals surface area contributed by atoms with Crippen LogP contribution in [0, 0.1) is 6.92 Å². The second kappa shape index (κ2) is 6.99. The third-order valence-corrected chi connectivity index (χ3v) is 3.77. The lowest BCUT2D eigenvalue weighted by Gasteiger charge is -2.10. The number of aromatic amines is 1. The van der Waals surface area contributed by atoms with Crippen molar-refractivity contribution in [1.82, 2.24) is 25.1 Å². The van der Waals surface area contributed by atoms with Crippen molar-refractivity contribution in [2.24, 2.45) is 0 Å². The lowest BCUT2D eigenvalue weighted by molar-refractivity contribution is 0.0953. The number of amides is 1. The van der Waals surface area contributed by atoms with E-state index in [4.69, 9.17) is 4.74 Å². The van der Waals surface area contributed by atoms with Crippen LogP contribution in [0.2, 0.25) is 0 Å². The molecule has 1 amide bonds. The van der Waals surface area contributed by atoms with Gasteiger partial charge in [-0.3, -0.25) is 4.79 Å². The number of benzene rings is 1. The predicted octanol–water partition coefficient (Wildman–Crippen LogP) is 1.88. The second-order valence-corrected chi connectivity index (χ2v) is 5.27. The van der Waals surface area contributed by atoms with Crippen LogP contribution in [0.15, 0.2) is 42.9 Å². The van der Waals surface area contributed by atoms with Gasteiger partial charge in [0.1, 0.15) is 17.3 Å². The molecule has 3 aromatic rings. The van der Waals surface area contributed by atoms with Crippen LogP contribution in [0.5, 0.6) is 5.75 Å². The molecule has 0 spiro atoms. The molecule has 7 heteroatoms. The number of nitrogens with one attached hydrogen (secondary N) is 2. The molecule has 2 aromatic heterocycles. The molecule has 0 bridgehead atoms. The molecule has 3 rings (SSSR count). The number of hydrogen-bond donors (Lipinski definition) is 2. The Hall–Kier alpha value is -3.09. The second-order valence-electron chi connectivity index (χ2n) is 5.27. The summed E-state index contributed by atoms with van der Waals surface area (Å²) in [5.74, 6) is 1.39. The van der Waals surface area contributed by atoms with Gasteiger partial charge in [0.15, 0.2) is 0 Å². The summed E-state index contributed by atoms with van der Waals surface area (Å²) in [5, 5.41) is 7.22. The van der Waals surface area contributed by atoms with Crippen molar-refractivity contribution in [3.8, 4) is 11.4 Å². The van der Waals surface area contributed by atoms with E-state index in [9.17, 15) is 4.79 Å². The summed E-state index contributed by atoms with van der Waals surface area (Å²) >= 11 is 0. The molecule has 0 radical (unpaired) electrons. The third-order valence-electron chi connectivity index (χ3n) is 3.77. The Morgan fingerprint density at radius 3 is 2.96 bits per heavy atom. The maximum atomic E-state index is 12.4. The monoisotopic (exact) mass is 325 g/mol. The molecule has 24 heavy (non-hydrogen) atoms. The van der Waals surface area contributed by atoms with Crippen LogP contribution in [-0.2, 0) is 6.42 Å². The molecular weight excluding hydrogens is 306 g/mol. The lowest BCUT2D eigenvalue weighted by atomic mass is 10.2. The van der Waals surface area contributed by atoms with Crippen LogP contribution in [-0.4, -0.2) is 39.3 Å². The third kappa shape index (κ3) is 3.15. The van der Waals surface area contributed by atoms with Crippen LogP contribution in [0.3, 0.4) is 0 Å². The first-order valence-electron chi connectivity index (χ1n) is 7.65. The van der Waals surface area contributed by atoms with Crippen molar-refractivity contribution >= 4 is 5.91 Å². The molecule has 1 aromatic carbocycles. The molecule has 7 nitrogen and oxygen atoms in total. The van der Waals surface area contributed by atoms with Gasteiger partial charge in [0.25, 0.3) is 5.91 Å². The Morgan fingerprint density at radius 2 is 2.21 bits per heavy atom. The number of H-pyrrole nitrogens is 1. The Morgan fingerprint density at radius 1 is 1.38 bits per heavy atom. The minimum absolute atomic E-state index is 0.153. The van der Waals surface area contributed by atoms with Crippen LogP contribution < -0.4 is 10.1 Å². The van der Waals surface area contributed by atoms with Gasteiger partial charge >= 0.3 is 0 Å². The highest BCUT2D eigenvalue weighted by Gasteiger charge is 2.16. The number of imidazole rings is 1. The van der Waals surface area contributed by atoms with Gasteiger partial charge in [-0.2, -0.15) is 5.10 Å². The Balaban J connectivity index is 1.73. The summed E-state index contributed by atoms with van der Waals surface area (Å²) in [6, 6.07) is 7.56. The van der Waals surface area contributed by atoms with E-state index in [1.165, 1.54) is 0 Å². The fourth-order valence-corrected chi connectivity index (χ4v) is 2.50. The van der Waals surface area contributed by atoms with E-state index in [2.05, 4.69) is 20.4 Å². The molecule has 0 fully saturated rings. The zero-order chi connectivity index (χ0) is 16.9. The number of ether oxygens (including phenoxy) is 1. The van der Waals surface area contributed by atoms with Crippen molar-refractivity contribution < 1.29 is 9.53 Å². The normalized spacial score (nSPS) is 10.6. The van der Waals surface area contributed by atoms with Crippen LogP contribution >= 0.6 is 0 Å². The van der Waals surface area contributed by atoms with E-state index in [1.54, 1.807) is 30.4 Å². The molecule has 2 heterocycles. The van der Waals surface area contributed by atoms with Crippen LogP contribution in [0.4, 0.5) is 0 Å². The van der Waals surface area contributed by atoms with Gasteiger partial charge in [-0.15, -0.1) is 0 Å². The average Bonchev–Trinajstić information content (AvgIpc) is 3.24. The first kappa shape index (κ1) is 15.8. The van der Waals surface area contributed by atoms with Gasteiger partial charge < -0.3 is 15.0 Å². The number of nitrogens with zero attached hydrogens (tertiary/aromatic N) is 3. The van der Waals surface area contributed by atoms with E-state index < -0.39 is 0 Å². The maximum absolute atomic E-state index is 12.4. The number of para-hydroxylation sites is 2. The molecular formula is C17H19N5O2. The highest BCUT2D eigenvalue weighted by atomic mass is 16.5. The van der Waals surface area contributed by atoms with Crippen LogP contribution in [0.25, 0.3) is 5.69 Å². The molecule has 0 unspecified atom stereocenters. The SMILES string of the molecule is COc1ccccc1-n1ncc(C(=O)NCCc2ncc[nH]2)c1C. The highest BCUT2D eigenvalue weighted by Crippen LogP contribution is 2.23. The summed E-state index contributed by atoms with van der Waals surface area (Å²) in [6.07, 6.45) is 5.68. The number of carbonyl (C=O) groups is 1. The molecule has 0 aliphatic rings. The van der Waals surface area contributed by atoms with E-state index in [1.807, 2.05) is 31.2 Å². The molecule has 0 saturated heterocycles. The van der Waals surface area contributed by atoms with Gasteiger partial charge in [0.2, 0.25) is 0 Å². The molecule has 2 N–H and O–H groups in total. The minimum Gasteiger partial charge on any atom is -0.494 e. The van der Waals surface area contributed by atoms with Crippen molar-refractivity contribution in [3.63, 3.8) is 0 Å². The Labute approximate surface area is 139 Å². The molecule has 124 valence electrons.